The van der Waals surface area contributed by atoms with Crippen LogP contribution in [0.2, 0.25) is 0 Å². The highest BCUT2D eigenvalue weighted by Gasteiger charge is 2.20. The number of thiophene rings is 1. The Kier molecular flexibility index (Phi) is 6.28. The van der Waals surface area contributed by atoms with Crippen LogP contribution in [-0.2, 0) is 4.79 Å². The quantitative estimate of drug-likeness (QED) is 0.738. The van der Waals surface area contributed by atoms with Gasteiger partial charge in [0.2, 0.25) is 0 Å². The highest BCUT2D eigenvalue weighted by atomic mass is 127. The van der Waals surface area contributed by atoms with Gasteiger partial charge in [-0.25, -0.2) is 4.79 Å². The highest BCUT2D eigenvalue weighted by molar-refractivity contribution is 14.1. The van der Waals surface area contributed by atoms with E-state index in [1.165, 1.54) is 11.3 Å². The van der Waals surface area contributed by atoms with Gasteiger partial charge in [0.05, 0.1) is 8.45 Å². The van der Waals surface area contributed by atoms with Crippen LogP contribution in [0.3, 0.4) is 0 Å². The molecule has 1 heterocycles. The van der Waals surface area contributed by atoms with Crippen LogP contribution in [-0.4, -0.2) is 35.0 Å². The van der Waals surface area contributed by atoms with Crippen molar-refractivity contribution in [3.05, 3.63) is 19.9 Å². The van der Waals surface area contributed by atoms with Crippen LogP contribution >= 0.6 is 45.7 Å². The molecule has 1 aromatic rings. The summed E-state index contributed by atoms with van der Waals surface area (Å²) in [7, 11) is 0. The minimum atomic E-state index is -0.989. The van der Waals surface area contributed by atoms with Crippen LogP contribution < -0.4 is 5.32 Å². The first-order chi connectivity index (χ1) is 8.04. The lowest BCUT2D eigenvalue weighted by atomic mass is 10.2. The molecule has 1 amide bonds. The fourth-order valence-electron chi connectivity index (χ4n) is 1.16. The second-order valence-corrected chi connectivity index (χ2v) is 7.08. The topological polar surface area (TPSA) is 66.4 Å². The van der Waals surface area contributed by atoms with Crippen molar-refractivity contribution in [3.8, 4) is 0 Å². The number of hydrogen-bond acceptors (Lipinski definition) is 4. The fourth-order valence-corrected chi connectivity index (χ4v) is 2.96. The summed E-state index contributed by atoms with van der Waals surface area (Å²) < 4.78 is 1.00. The van der Waals surface area contributed by atoms with Crippen molar-refractivity contribution >= 4 is 57.6 Å². The Balaban J connectivity index is 2.60. The second kappa shape index (κ2) is 7.22. The molecule has 0 spiro atoms. The third-order valence-corrected chi connectivity index (χ3v) is 4.48. The number of carbonyl (C=O) groups excluding carboxylic acids is 1. The molecule has 7 heteroatoms. The number of nitrogens with one attached hydrogen (secondary N) is 1. The minimum Gasteiger partial charge on any atom is -0.480 e. The van der Waals surface area contributed by atoms with Gasteiger partial charge >= 0.3 is 5.97 Å². The van der Waals surface area contributed by atoms with E-state index in [0.717, 1.165) is 2.88 Å². The molecule has 0 aliphatic carbocycles. The van der Waals surface area contributed by atoms with Crippen LogP contribution in [0.15, 0.2) is 11.4 Å². The summed E-state index contributed by atoms with van der Waals surface area (Å²) in [5.74, 6) is -0.603. The monoisotopic (exact) mass is 385 g/mol. The van der Waals surface area contributed by atoms with Crippen molar-refractivity contribution in [3.63, 3.8) is 0 Å². The lowest BCUT2D eigenvalue weighted by Gasteiger charge is -2.13. The second-order valence-electron chi connectivity index (χ2n) is 3.29. The van der Waals surface area contributed by atoms with E-state index in [2.05, 4.69) is 27.9 Å². The van der Waals surface area contributed by atoms with Crippen LogP contribution in [0.4, 0.5) is 0 Å². The van der Waals surface area contributed by atoms with E-state index in [1.54, 1.807) is 23.2 Å². The summed E-state index contributed by atoms with van der Waals surface area (Å²) in [5.41, 5.74) is 0.523. The Morgan fingerprint density at radius 3 is 2.82 bits per heavy atom. The zero-order chi connectivity index (χ0) is 12.8. The lowest BCUT2D eigenvalue weighted by Crippen LogP contribution is -2.41. The fraction of sp³-hybridized carbons (Fsp3) is 0.400. The van der Waals surface area contributed by atoms with Crippen molar-refractivity contribution in [2.75, 3.05) is 12.0 Å². The number of thioether (sulfide) groups is 1. The van der Waals surface area contributed by atoms with Gasteiger partial charge in [0, 0.05) is 5.38 Å². The van der Waals surface area contributed by atoms with Crippen molar-refractivity contribution in [1.29, 1.82) is 0 Å². The number of rotatable bonds is 6. The summed E-state index contributed by atoms with van der Waals surface area (Å²) in [6, 6.07) is 0.932. The minimum absolute atomic E-state index is 0.322. The Labute approximate surface area is 121 Å². The third kappa shape index (κ3) is 4.84. The van der Waals surface area contributed by atoms with Gasteiger partial charge < -0.3 is 10.4 Å². The van der Waals surface area contributed by atoms with E-state index >= 15 is 0 Å². The molecule has 0 fully saturated rings. The molecular formula is C10H12INO3S2. The average molecular weight is 385 g/mol. The lowest BCUT2D eigenvalue weighted by molar-refractivity contribution is -0.139. The first kappa shape index (κ1) is 14.8. The number of carboxylic acid groups (broad SMARTS) is 1. The predicted octanol–water partition coefficient (Wildman–Crippen LogP) is 2.29. The molecule has 0 radical (unpaired) electrons. The molecule has 4 nitrogen and oxygen atoms in total. The molecule has 0 saturated heterocycles. The Morgan fingerprint density at radius 1 is 1.65 bits per heavy atom. The molecule has 1 aromatic heterocycles. The van der Waals surface area contributed by atoms with Gasteiger partial charge in [-0.05, 0) is 47.1 Å². The van der Waals surface area contributed by atoms with Gasteiger partial charge in [-0.1, -0.05) is 0 Å². The summed E-state index contributed by atoms with van der Waals surface area (Å²) in [6.07, 6.45) is 2.34. The van der Waals surface area contributed by atoms with Crippen molar-refractivity contribution in [2.45, 2.75) is 12.5 Å². The number of carbonyl (C=O) groups is 2. The van der Waals surface area contributed by atoms with Crippen molar-refractivity contribution < 1.29 is 14.7 Å². The maximum atomic E-state index is 11.8. The van der Waals surface area contributed by atoms with Gasteiger partial charge in [-0.2, -0.15) is 11.8 Å². The van der Waals surface area contributed by atoms with E-state index in [1.807, 2.05) is 6.26 Å². The molecule has 2 N–H and O–H groups in total. The molecular weight excluding hydrogens is 373 g/mol. The van der Waals surface area contributed by atoms with Crippen LogP contribution in [0.1, 0.15) is 16.8 Å². The molecule has 17 heavy (non-hydrogen) atoms. The molecule has 0 aliphatic rings. The van der Waals surface area contributed by atoms with Gasteiger partial charge in [-0.15, -0.1) is 11.3 Å². The van der Waals surface area contributed by atoms with Gasteiger partial charge in [0.25, 0.3) is 5.91 Å². The molecule has 0 bridgehead atoms. The molecule has 0 unspecified atom stereocenters. The zero-order valence-corrected chi connectivity index (χ0v) is 12.9. The molecule has 94 valence electrons. The number of halogens is 1. The van der Waals surface area contributed by atoms with E-state index < -0.39 is 12.0 Å². The third-order valence-electron chi connectivity index (χ3n) is 2.04. The molecule has 1 rings (SSSR count). The molecule has 1 atom stereocenters. The number of aliphatic carboxylic acids is 1. The SMILES string of the molecule is CSCC[C@@H](NC(=O)c1csc(I)c1)C(=O)O. The van der Waals surface area contributed by atoms with E-state index in [-0.39, 0.29) is 5.91 Å². The molecule has 0 aliphatic heterocycles. The largest absolute Gasteiger partial charge is 0.480 e. The van der Waals surface area contributed by atoms with Gasteiger partial charge in [-0.3, -0.25) is 4.79 Å². The van der Waals surface area contributed by atoms with E-state index in [0.29, 0.717) is 17.7 Å². The zero-order valence-electron chi connectivity index (χ0n) is 9.10. The summed E-state index contributed by atoms with van der Waals surface area (Å²) in [6.45, 7) is 0. The highest BCUT2D eigenvalue weighted by Crippen LogP contribution is 2.16. The predicted molar refractivity (Wildman–Crippen MR) is 78.9 cm³/mol. The van der Waals surface area contributed by atoms with Crippen LogP contribution in [0.25, 0.3) is 0 Å². The summed E-state index contributed by atoms with van der Waals surface area (Å²) in [4.78, 5) is 22.7. The Hall–Kier alpha value is -0.280. The molecule has 0 aromatic carbocycles. The van der Waals surface area contributed by atoms with E-state index in [4.69, 9.17) is 5.11 Å². The maximum absolute atomic E-state index is 11.8. The van der Waals surface area contributed by atoms with Crippen molar-refractivity contribution in [1.82, 2.24) is 5.32 Å². The summed E-state index contributed by atoms with van der Waals surface area (Å²) in [5, 5.41) is 13.2. The first-order valence-corrected chi connectivity index (χ1v) is 8.16. The standard InChI is InChI=1S/C10H12INO3S2/c1-16-3-2-7(10(14)15)12-9(13)6-4-8(11)17-5-6/h4-5,7H,2-3H2,1H3,(H,12,13)(H,14,15)/t7-/m1/s1. The van der Waals surface area contributed by atoms with Crippen molar-refractivity contribution in [2.24, 2.45) is 0 Å². The van der Waals surface area contributed by atoms with Gasteiger partial charge in [0.15, 0.2) is 0 Å². The maximum Gasteiger partial charge on any atom is 0.326 e. The Morgan fingerprint density at radius 2 is 2.35 bits per heavy atom. The number of amides is 1. The normalized spacial score (nSPS) is 12.1. The van der Waals surface area contributed by atoms with E-state index in [9.17, 15) is 9.59 Å². The first-order valence-electron chi connectivity index (χ1n) is 4.81. The van der Waals surface area contributed by atoms with Crippen LogP contribution in [0.5, 0.6) is 0 Å². The van der Waals surface area contributed by atoms with Crippen LogP contribution in [0, 0.1) is 2.88 Å². The Bertz CT molecular complexity index is 408. The number of hydrogen-bond donors (Lipinski definition) is 2. The number of carboxylic acids is 1. The molecule has 0 saturated carbocycles. The van der Waals surface area contributed by atoms with Gasteiger partial charge in [0.1, 0.15) is 6.04 Å². The average Bonchev–Trinajstić information content (AvgIpc) is 2.70. The smallest absolute Gasteiger partial charge is 0.326 e. The summed E-state index contributed by atoms with van der Waals surface area (Å²) >= 11 is 5.14.